The fraction of sp³-hybridized carbons (Fsp3) is 0.800. The number of hydrogen-bond acceptors (Lipinski definition) is 4. The van der Waals surface area contributed by atoms with Crippen LogP contribution < -0.4 is 11.1 Å². The van der Waals surface area contributed by atoms with Gasteiger partial charge in [0.2, 0.25) is 5.91 Å². The molecule has 0 aromatic carbocycles. The van der Waals surface area contributed by atoms with Crippen LogP contribution in [0, 0.1) is 5.92 Å². The Labute approximate surface area is 95.1 Å². The van der Waals surface area contributed by atoms with Crippen molar-refractivity contribution in [1.29, 1.82) is 0 Å². The molecule has 15 heavy (non-hydrogen) atoms. The van der Waals surface area contributed by atoms with Gasteiger partial charge in [-0.2, -0.15) is 0 Å². The van der Waals surface area contributed by atoms with E-state index in [2.05, 4.69) is 17.2 Å². The van der Waals surface area contributed by atoms with Gasteiger partial charge in [0.05, 0.1) is 6.04 Å². The van der Waals surface area contributed by atoms with Crippen LogP contribution in [-0.2, 0) is 4.79 Å². The Morgan fingerprint density at radius 1 is 1.67 bits per heavy atom. The molecule has 1 heterocycles. The largest absolute Gasteiger partial charge is 0.368 e. The van der Waals surface area contributed by atoms with Crippen LogP contribution in [0.15, 0.2) is 4.99 Å². The van der Waals surface area contributed by atoms with E-state index in [1.807, 2.05) is 13.8 Å². The second-order valence-electron chi connectivity index (χ2n) is 4.19. The van der Waals surface area contributed by atoms with Crippen LogP contribution in [0.25, 0.3) is 0 Å². The Kier molecular flexibility index (Phi) is 4.45. The Morgan fingerprint density at radius 2 is 2.33 bits per heavy atom. The third kappa shape index (κ3) is 3.74. The van der Waals surface area contributed by atoms with Crippen molar-refractivity contribution in [3.05, 3.63) is 0 Å². The van der Waals surface area contributed by atoms with Crippen LogP contribution in [0.1, 0.15) is 27.2 Å². The van der Waals surface area contributed by atoms with Gasteiger partial charge >= 0.3 is 0 Å². The molecule has 0 aromatic heterocycles. The third-order valence-electron chi connectivity index (χ3n) is 2.36. The van der Waals surface area contributed by atoms with E-state index in [0.717, 1.165) is 17.3 Å². The molecule has 4 nitrogen and oxygen atoms in total. The number of thioether (sulfide) groups is 1. The number of amides is 1. The van der Waals surface area contributed by atoms with Gasteiger partial charge in [-0.1, -0.05) is 25.6 Å². The maximum atomic E-state index is 11.2. The summed E-state index contributed by atoms with van der Waals surface area (Å²) in [5.41, 5.74) is 5.32. The minimum Gasteiger partial charge on any atom is -0.368 e. The van der Waals surface area contributed by atoms with Crippen LogP contribution in [0.2, 0.25) is 0 Å². The zero-order valence-corrected chi connectivity index (χ0v) is 10.3. The minimum absolute atomic E-state index is 0.183. The van der Waals surface area contributed by atoms with Crippen molar-refractivity contribution in [3.8, 4) is 0 Å². The summed E-state index contributed by atoms with van der Waals surface area (Å²) >= 11 is 1.66. The molecule has 1 rings (SSSR count). The van der Waals surface area contributed by atoms with Gasteiger partial charge in [-0.05, 0) is 19.3 Å². The lowest BCUT2D eigenvalue weighted by molar-refractivity contribution is -0.120. The molecule has 0 fully saturated rings. The monoisotopic (exact) mass is 229 g/mol. The summed E-state index contributed by atoms with van der Waals surface area (Å²) in [6.45, 7) is 6.02. The molecule has 0 radical (unpaired) electrons. The van der Waals surface area contributed by atoms with Crippen molar-refractivity contribution in [2.24, 2.45) is 16.6 Å². The van der Waals surface area contributed by atoms with Crippen molar-refractivity contribution in [2.45, 2.75) is 39.3 Å². The Bertz CT molecular complexity index is 265. The Balaban J connectivity index is 2.62. The molecule has 1 aliphatic rings. The predicted octanol–water partition coefficient (Wildman–Crippen LogP) is 0.967. The van der Waals surface area contributed by atoms with Gasteiger partial charge in [-0.15, -0.1) is 0 Å². The molecule has 2 atom stereocenters. The number of aliphatic imine (C=N–C) groups is 1. The number of carbonyl (C=O) groups is 1. The number of primary amides is 1. The number of amidine groups is 1. The zero-order chi connectivity index (χ0) is 11.4. The van der Waals surface area contributed by atoms with Gasteiger partial charge in [0.15, 0.2) is 5.17 Å². The molecule has 0 saturated carbocycles. The molecular weight excluding hydrogens is 210 g/mol. The van der Waals surface area contributed by atoms with Crippen LogP contribution in [0.5, 0.6) is 0 Å². The number of rotatable bonds is 3. The highest BCUT2D eigenvalue weighted by Gasteiger charge is 2.22. The highest BCUT2D eigenvalue weighted by molar-refractivity contribution is 8.13. The smallest absolute Gasteiger partial charge is 0.240 e. The fourth-order valence-electron chi connectivity index (χ4n) is 1.41. The molecule has 0 bridgehead atoms. The second kappa shape index (κ2) is 5.39. The van der Waals surface area contributed by atoms with E-state index in [9.17, 15) is 4.79 Å². The van der Waals surface area contributed by atoms with E-state index in [1.54, 1.807) is 11.8 Å². The van der Waals surface area contributed by atoms with Crippen molar-refractivity contribution in [2.75, 3.05) is 5.75 Å². The molecule has 1 amide bonds. The maximum Gasteiger partial charge on any atom is 0.240 e. The van der Waals surface area contributed by atoms with E-state index < -0.39 is 0 Å². The number of nitrogens with one attached hydrogen (secondary N) is 1. The normalized spacial score (nSPS) is 23.5. The van der Waals surface area contributed by atoms with Crippen molar-refractivity contribution in [1.82, 2.24) is 5.32 Å². The van der Waals surface area contributed by atoms with Crippen LogP contribution in [0.4, 0.5) is 0 Å². The van der Waals surface area contributed by atoms with Gasteiger partial charge in [0.1, 0.15) is 6.04 Å². The summed E-state index contributed by atoms with van der Waals surface area (Å²) < 4.78 is 0. The second-order valence-corrected chi connectivity index (χ2v) is 5.27. The molecule has 0 aliphatic carbocycles. The zero-order valence-electron chi connectivity index (χ0n) is 9.49. The lowest BCUT2D eigenvalue weighted by Crippen LogP contribution is -2.47. The van der Waals surface area contributed by atoms with Crippen LogP contribution in [0.3, 0.4) is 0 Å². The molecule has 0 spiro atoms. The maximum absolute atomic E-state index is 11.2. The van der Waals surface area contributed by atoms with Gasteiger partial charge in [0, 0.05) is 5.75 Å². The summed E-state index contributed by atoms with van der Waals surface area (Å²) in [7, 11) is 0. The van der Waals surface area contributed by atoms with E-state index in [0.29, 0.717) is 6.04 Å². The SMILES string of the molecule is CC1CCSC(NC(C(N)=O)C(C)C)=N1. The molecule has 5 heteroatoms. The number of hydrogen-bond donors (Lipinski definition) is 2. The molecule has 86 valence electrons. The highest BCUT2D eigenvalue weighted by Crippen LogP contribution is 2.16. The number of nitrogens with two attached hydrogens (primary N) is 1. The van der Waals surface area contributed by atoms with Gasteiger partial charge in [-0.25, -0.2) is 0 Å². The summed E-state index contributed by atoms with van der Waals surface area (Å²) in [6.07, 6.45) is 1.10. The summed E-state index contributed by atoms with van der Waals surface area (Å²) in [6, 6.07) is 0.0241. The molecule has 0 aromatic rings. The van der Waals surface area contributed by atoms with Crippen molar-refractivity contribution >= 4 is 22.8 Å². The van der Waals surface area contributed by atoms with Crippen molar-refractivity contribution < 1.29 is 4.79 Å². The Hall–Kier alpha value is -0.710. The fourth-order valence-corrected chi connectivity index (χ4v) is 2.52. The summed E-state index contributed by atoms with van der Waals surface area (Å²) in [5.74, 6) is 0.922. The first kappa shape index (κ1) is 12.4. The average molecular weight is 229 g/mol. The predicted molar refractivity (Wildman–Crippen MR) is 64.9 cm³/mol. The third-order valence-corrected chi connectivity index (χ3v) is 3.30. The molecule has 0 saturated heterocycles. The van der Waals surface area contributed by atoms with Gasteiger partial charge in [0.25, 0.3) is 0 Å². The number of carbonyl (C=O) groups excluding carboxylic acids is 1. The van der Waals surface area contributed by atoms with Gasteiger partial charge < -0.3 is 11.1 Å². The molecular formula is C10H19N3OS. The van der Waals surface area contributed by atoms with E-state index >= 15 is 0 Å². The van der Waals surface area contributed by atoms with Gasteiger partial charge in [-0.3, -0.25) is 9.79 Å². The van der Waals surface area contributed by atoms with Crippen molar-refractivity contribution in [3.63, 3.8) is 0 Å². The first-order chi connectivity index (χ1) is 7.00. The van der Waals surface area contributed by atoms with E-state index in [1.165, 1.54) is 0 Å². The van der Waals surface area contributed by atoms with Crippen LogP contribution >= 0.6 is 11.8 Å². The first-order valence-corrected chi connectivity index (χ1v) is 6.25. The highest BCUT2D eigenvalue weighted by atomic mass is 32.2. The lowest BCUT2D eigenvalue weighted by Gasteiger charge is -2.24. The minimum atomic E-state index is -0.318. The lowest BCUT2D eigenvalue weighted by atomic mass is 10.0. The summed E-state index contributed by atoms with van der Waals surface area (Å²) in [4.78, 5) is 15.6. The standard InChI is InChI=1S/C10H19N3OS/c1-6(2)8(9(11)14)13-10-12-7(3)4-5-15-10/h6-8H,4-5H2,1-3H3,(H2,11,14)(H,12,13). The Morgan fingerprint density at radius 3 is 2.80 bits per heavy atom. The quantitative estimate of drug-likeness (QED) is 0.757. The first-order valence-electron chi connectivity index (χ1n) is 5.27. The number of nitrogens with zero attached hydrogens (tertiary/aromatic N) is 1. The summed E-state index contributed by atoms with van der Waals surface area (Å²) in [5, 5.41) is 3.98. The van der Waals surface area contributed by atoms with E-state index in [-0.39, 0.29) is 17.9 Å². The van der Waals surface area contributed by atoms with E-state index in [4.69, 9.17) is 5.73 Å². The molecule has 2 unspecified atom stereocenters. The van der Waals surface area contributed by atoms with Crippen LogP contribution in [-0.4, -0.2) is 28.9 Å². The molecule has 3 N–H and O–H groups in total. The average Bonchev–Trinajstić information content (AvgIpc) is 2.13. The molecule has 1 aliphatic heterocycles. The topological polar surface area (TPSA) is 67.5 Å².